The zero-order valence-corrected chi connectivity index (χ0v) is 13.8. The quantitative estimate of drug-likeness (QED) is 0.538. The number of carbonyl (C=O) groups is 1. The van der Waals surface area contributed by atoms with Gasteiger partial charge in [0.2, 0.25) is 0 Å². The third-order valence-electron chi connectivity index (χ3n) is 2.40. The molecular formula is C14H10ClIO2S. The van der Waals surface area contributed by atoms with Crippen LogP contribution in [0.15, 0.2) is 52.3 Å². The number of methoxy groups -OCH3 is 1. The van der Waals surface area contributed by atoms with Crippen molar-refractivity contribution in [3.63, 3.8) is 0 Å². The van der Waals surface area contributed by atoms with E-state index in [-0.39, 0.29) is 5.97 Å². The van der Waals surface area contributed by atoms with Crippen LogP contribution in [0.4, 0.5) is 0 Å². The lowest BCUT2D eigenvalue weighted by Gasteiger charge is -2.05. The molecule has 5 heteroatoms. The van der Waals surface area contributed by atoms with E-state index < -0.39 is 0 Å². The van der Waals surface area contributed by atoms with Gasteiger partial charge in [-0.05, 0) is 65.1 Å². The summed E-state index contributed by atoms with van der Waals surface area (Å²) in [5, 5.41) is 0.731. The summed E-state index contributed by atoms with van der Waals surface area (Å²) in [6.07, 6.45) is 0. The van der Waals surface area contributed by atoms with Crippen molar-refractivity contribution < 1.29 is 9.53 Å². The largest absolute Gasteiger partial charge is 0.465 e. The normalized spacial score (nSPS) is 10.3. The molecule has 0 N–H and O–H groups in total. The summed E-state index contributed by atoms with van der Waals surface area (Å²) in [7, 11) is 1.37. The molecule has 0 spiro atoms. The first-order valence-corrected chi connectivity index (χ1v) is 7.69. The first-order valence-electron chi connectivity index (χ1n) is 5.41. The fourth-order valence-corrected chi connectivity index (χ4v) is 3.25. The van der Waals surface area contributed by atoms with Crippen LogP contribution in [0.2, 0.25) is 5.02 Å². The third-order valence-corrected chi connectivity index (χ3v) is 4.58. The van der Waals surface area contributed by atoms with Gasteiger partial charge in [-0.2, -0.15) is 0 Å². The lowest BCUT2D eigenvalue weighted by molar-refractivity contribution is 0.0600. The lowest BCUT2D eigenvalue weighted by Crippen LogP contribution is -2.00. The van der Waals surface area contributed by atoms with Crippen LogP contribution in [0.1, 0.15) is 10.4 Å². The number of esters is 1. The highest BCUT2D eigenvalue weighted by Crippen LogP contribution is 2.34. The van der Waals surface area contributed by atoms with Gasteiger partial charge in [-0.25, -0.2) is 4.79 Å². The summed E-state index contributed by atoms with van der Waals surface area (Å²) in [5.74, 6) is -0.330. The van der Waals surface area contributed by atoms with Gasteiger partial charge in [0.05, 0.1) is 17.7 Å². The Morgan fingerprint density at radius 2 is 1.89 bits per heavy atom. The van der Waals surface area contributed by atoms with E-state index in [4.69, 9.17) is 11.6 Å². The number of benzene rings is 2. The lowest BCUT2D eigenvalue weighted by atomic mass is 10.2. The van der Waals surface area contributed by atoms with Crippen LogP contribution in [0.3, 0.4) is 0 Å². The maximum atomic E-state index is 11.3. The van der Waals surface area contributed by atoms with Crippen molar-refractivity contribution in [3.05, 3.63) is 56.6 Å². The molecule has 2 nitrogen and oxygen atoms in total. The summed E-state index contributed by atoms with van der Waals surface area (Å²) < 4.78 is 5.76. The molecular weight excluding hydrogens is 395 g/mol. The predicted octanol–water partition coefficient (Wildman–Crippen LogP) is 4.88. The Labute approximate surface area is 134 Å². The standard InChI is InChI=1S/C14H10ClIO2S/c1-18-14(17)9-2-5-11(6-3-9)19-13-7-4-10(16)8-12(13)15/h2-8H,1H3. The number of halogens is 2. The molecule has 0 aliphatic rings. The van der Waals surface area contributed by atoms with E-state index in [1.54, 1.807) is 23.9 Å². The van der Waals surface area contributed by atoms with E-state index >= 15 is 0 Å². The molecule has 0 unspecified atom stereocenters. The van der Waals surface area contributed by atoms with Crippen molar-refractivity contribution >= 4 is 51.9 Å². The van der Waals surface area contributed by atoms with Crippen LogP contribution in [0.25, 0.3) is 0 Å². The van der Waals surface area contributed by atoms with Crippen molar-refractivity contribution in [2.24, 2.45) is 0 Å². The van der Waals surface area contributed by atoms with E-state index in [1.165, 1.54) is 7.11 Å². The minimum atomic E-state index is -0.330. The van der Waals surface area contributed by atoms with E-state index in [0.717, 1.165) is 18.4 Å². The smallest absolute Gasteiger partial charge is 0.337 e. The van der Waals surface area contributed by atoms with E-state index in [2.05, 4.69) is 27.3 Å². The fraction of sp³-hybridized carbons (Fsp3) is 0.0714. The molecule has 0 aliphatic heterocycles. The molecule has 98 valence electrons. The number of ether oxygens (including phenoxy) is 1. The second-order valence-corrected chi connectivity index (χ2v) is 6.46. The first kappa shape index (κ1) is 14.7. The van der Waals surface area contributed by atoms with Gasteiger partial charge < -0.3 is 4.74 Å². The summed E-state index contributed by atoms with van der Waals surface area (Å²) >= 11 is 9.97. The number of carbonyl (C=O) groups excluding carboxylic acids is 1. The van der Waals surface area contributed by atoms with Gasteiger partial charge in [-0.1, -0.05) is 23.4 Å². The molecule has 0 saturated heterocycles. The molecule has 0 radical (unpaired) electrons. The molecule has 2 rings (SSSR count). The van der Waals surface area contributed by atoms with Crippen LogP contribution in [-0.2, 0) is 4.74 Å². The van der Waals surface area contributed by atoms with Gasteiger partial charge in [-0.3, -0.25) is 0 Å². The number of hydrogen-bond acceptors (Lipinski definition) is 3. The van der Waals surface area contributed by atoms with Crippen LogP contribution >= 0.6 is 46.0 Å². The zero-order valence-electron chi connectivity index (χ0n) is 10.0. The second kappa shape index (κ2) is 6.63. The van der Waals surface area contributed by atoms with Crippen molar-refractivity contribution in [1.82, 2.24) is 0 Å². The van der Waals surface area contributed by atoms with E-state index in [0.29, 0.717) is 5.56 Å². The zero-order chi connectivity index (χ0) is 13.8. The van der Waals surface area contributed by atoms with Crippen LogP contribution in [-0.4, -0.2) is 13.1 Å². The maximum absolute atomic E-state index is 11.3. The average molecular weight is 405 g/mol. The molecule has 2 aromatic carbocycles. The molecule has 0 aromatic heterocycles. The molecule has 0 amide bonds. The summed E-state index contributed by atoms with van der Waals surface area (Å²) in [5.41, 5.74) is 0.542. The maximum Gasteiger partial charge on any atom is 0.337 e. The topological polar surface area (TPSA) is 26.3 Å². The highest BCUT2D eigenvalue weighted by molar-refractivity contribution is 14.1. The van der Waals surface area contributed by atoms with Gasteiger partial charge in [-0.15, -0.1) is 0 Å². The predicted molar refractivity (Wildman–Crippen MR) is 86.1 cm³/mol. The highest BCUT2D eigenvalue weighted by atomic mass is 127. The van der Waals surface area contributed by atoms with E-state index in [9.17, 15) is 4.79 Å². The third kappa shape index (κ3) is 3.87. The van der Waals surface area contributed by atoms with Crippen LogP contribution < -0.4 is 0 Å². The van der Waals surface area contributed by atoms with Gasteiger partial charge >= 0.3 is 5.97 Å². The minimum absolute atomic E-state index is 0.330. The van der Waals surface area contributed by atoms with Crippen molar-refractivity contribution in [1.29, 1.82) is 0 Å². The Bertz CT molecular complexity index is 599. The molecule has 0 heterocycles. The second-order valence-electron chi connectivity index (χ2n) is 3.69. The monoisotopic (exact) mass is 404 g/mol. The van der Waals surface area contributed by atoms with Gasteiger partial charge in [0, 0.05) is 13.4 Å². The molecule has 0 aliphatic carbocycles. The summed E-state index contributed by atoms with van der Waals surface area (Å²) in [4.78, 5) is 13.3. The Balaban J connectivity index is 2.17. The average Bonchev–Trinajstić information content (AvgIpc) is 2.42. The van der Waals surface area contributed by atoms with Gasteiger partial charge in [0.1, 0.15) is 0 Å². The fourth-order valence-electron chi connectivity index (χ4n) is 1.46. The van der Waals surface area contributed by atoms with Crippen molar-refractivity contribution in [2.75, 3.05) is 7.11 Å². The van der Waals surface area contributed by atoms with E-state index in [1.807, 2.05) is 30.3 Å². The summed E-state index contributed by atoms with van der Waals surface area (Å²) in [6, 6.07) is 13.2. The Morgan fingerprint density at radius 1 is 1.21 bits per heavy atom. The molecule has 0 fully saturated rings. The Hall–Kier alpha value is -0.720. The van der Waals surface area contributed by atoms with Crippen LogP contribution in [0, 0.1) is 3.57 Å². The molecule has 0 saturated carbocycles. The van der Waals surface area contributed by atoms with Gasteiger partial charge in [0.15, 0.2) is 0 Å². The molecule has 19 heavy (non-hydrogen) atoms. The van der Waals surface area contributed by atoms with Crippen molar-refractivity contribution in [3.8, 4) is 0 Å². The SMILES string of the molecule is COC(=O)c1ccc(Sc2ccc(I)cc2Cl)cc1. The molecule has 0 atom stereocenters. The van der Waals surface area contributed by atoms with Gasteiger partial charge in [0.25, 0.3) is 0 Å². The molecule has 2 aromatic rings. The first-order chi connectivity index (χ1) is 9.10. The highest BCUT2D eigenvalue weighted by Gasteiger charge is 2.06. The number of rotatable bonds is 3. The summed E-state index contributed by atoms with van der Waals surface area (Å²) in [6.45, 7) is 0. The Kier molecular flexibility index (Phi) is 5.13. The van der Waals surface area contributed by atoms with Crippen molar-refractivity contribution in [2.45, 2.75) is 9.79 Å². The molecule has 0 bridgehead atoms. The Morgan fingerprint density at radius 3 is 2.47 bits per heavy atom. The minimum Gasteiger partial charge on any atom is -0.465 e. The van der Waals surface area contributed by atoms with Crippen LogP contribution in [0.5, 0.6) is 0 Å². The number of hydrogen-bond donors (Lipinski definition) is 0.